The maximum absolute atomic E-state index is 13.3. The lowest BCUT2D eigenvalue weighted by molar-refractivity contribution is -0.121. The van der Waals surface area contributed by atoms with Crippen LogP contribution < -0.4 is 10.9 Å². The molecule has 0 bridgehead atoms. The summed E-state index contributed by atoms with van der Waals surface area (Å²) in [5, 5.41) is 13.6. The molecule has 0 aliphatic carbocycles. The van der Waals surface area contributed by atoms with Gasteiger partial charge in [0, 0.05) is 19.8 Å². The molecule has 1 saturated heterocycles. The average molecular weight is 453 g/mol. The van der Waals surface area contributed by atoms with E-state index >= 15 is 0 Å². The minimum Gasteiger partial charge on any atom is -0.387 e. The number of nitrogens with zero attached hydrogens (tertiary/aromatic N) is 3. The molecule has 1 aliphatic heterocycles. The number of hydrogen-bond acceptors (Lipinski definition) is 7. The molecule has 9 heteroatoms. The van der Waals surface area contributed by atoms with Crippen molar-refractivity contribution in [3.63, 3.8) is 0 Å². The van der Waals surface area contributed by atoms with E-state index in [9.17, 15) is 14.7 Å². The Hall–Kier alpha value is -3.01. The summed E-state index contributed by atoms with van der Waals surface area (Å²) < 4.78 is 1.88. The van der Waals surface area contributed by atoms with Gasteiger partial charge in [0.2, 0.25) is 0 Å². The second-order valence-electron chi connectivity index (χ2n) is 7.11. The summed E-state index contributed by atoms with van der Waals surface area (Å²) in [5.74, 6) is 0.0367. The molecule has 0 saturated carbocycles. The van der Waals surface area contributed by atoms with Gasteiger partial charge in [0.1, 0.15) is 15.8 Å². The lowest BCUT2D eigenvalue weighted by Crippen LogP contribution is -2.24. The second kappa shape index (κ2) is 8.62. The fraction of sp³-hybridized carbons (Fsp3) is 0.182. The molecule has 0 spiro atoms. The molecular formula is C22H20N4O3S2. The highest BCUT2D eigenvalue weighted by molar-refractivity contribution is 8.26. The fourth-order valence-corrected chi connectivity index (χ4v) is 4.40. The third-order valence-electron chi connectivity index (χ3n) is 4.99. The molecule has 7 nitrogen and oxygen atoms in total. The largest absolute Gasteiger partial charge is 0.387 e. The molecule has 1 fully saturated rings. The molecule has 4 rings (SSSR count). The summed E-state index contributed by atoms with van der Waals surface area (Å²) in [5.41, 5.74) is 2.00. The number of nitrogens with one attached hydrogen (secondary N) is 1. The third kappa shape index (κ3) is 4.12. The van der Waals surface area contributed by atoms with Gasteiger partial charge in [-0.15, -0.1) is 0 Å². The highest BCUT2D eigenvalue weighted by Gasteiger charge is 2.29. The lowest BCUT2D eigenvalue weighted by atomic mass is 10.1. The number of aromatic nitrogens is 2. The Morgan fingerprint density at radius 2 is 1.97 bits per heavy atom. The predicted molar refractivity (Wildman–Crippen MR) is 127 cm³/mol. The van der Waals surface area contributed by atoms with Crippen molar-refractivity contribution in [2.24, 2.45) is 0 Å². The molecule has 2 N–H and O–H groups in total. The molecule has 1 aromatic carbocycles. The Morgan fingerprint density at radius 1 is 1.23 bits per heavy atom. The average Bonchev–Trinajstić information content (AvgIpc) is 3.02. The Bertz CT molecular complexity index is 1270. The fourth-order valence-electron chi connectivity index (χ4n) is 3.24. The van der Waals surface area contributed by atoms with E-state index in [4.69, 9.17) is 12.2 Å². The van der Waals surface area contributed by atoms with Crippen molar-refractivity contribution in [1.82, 2.24) is 14.3 Å². The first-order valence-corrected chi connectivity index (χ1v) is 10.8. The van der Waals surface area contributed by atoms with Crippen LogP contribution >= 0.6 is 24.0 Å². The molecule has 3 aromatic rings. The van der Waals surface area contributed by atoms with Crippen LogP contribution in [0.15, 0.2) is 58.4 Å². The van der Waals surface area contributed by atoms with E-state index in [1.165, 1.54) is 15.4 Å². The van der Waals surface area contributed by atoms with Crippen molar-refractivity contribution < 1.29 is 9.90 Å². The molecular weight excluding hydrogens is 432 g/mol. The van der Waals surface area contributed by atoms with Gasteiger partial charge < -0.3 is 10.4 Å². The lowest BCUT2D eigenvalue weighted by Gasteiger charge is -2.15. The van der Waals surface area contributed by atoms with Crippen molar-refractivity contribution in [2.45, 2.75) is 13.0 Å². The third-order valence-corrected chi connectivity index (χ3v) is 6.48. The van der Waals surface area contributed by atoms with Crippen LogP contribution in [0, 0.1) is 6.92 Å². The van der Waals surface area contributed by atoms with Crippen molar-refractivity contribution in [2.75, 3.05) is 18.9 Å². The normalized spacial score (nSPS) is 16.4. The Kier molecular flexibility index (Phi) is 5.90. The first kappa shape index (κ1) is 21.2. The molecule has 158 valence electrons. The number of pyridine rings is 1. The Labute approximate surface area is 188 Å². The van der Waals surface area contributed by atoms with Gasteiger partial charge in [-0.2, -0.15) is 0 Å². The zero-order valence-electron chi connectivity index (χ0n) is 16.9. The summed E-state index contributed by atoms with van der Waals surface area (Å²) in [7, 11) is 1.60. The van der Waals surface area contributed by atoms with E-state index in [-0.39, 0.29) is 23.6 Å². The summed E-state index contributed by atoms with van der Waals surface area (Å²) in [6, 6.07) is 12.9. The maximum Gasteiger partial charge on any atom is 0.267 e. The van der Waals surface area contributed by atoms with E-state index in [0.717, 1.165) is 22.9 Å². The number of fused-ring (bicyclic) bond motifs is 1. The number of benzene rings is 1. The van der Waals surface area contributed by atoms with Crippen LogP contribution in [0.1, 0.15) is 22.8 Å². The summed E-state index contributed by atoms with van der Waals surface area (Å²) in [6.07, 6.45) is 2.37. The quantitative estimate of drug-likeness (QED) is 0.455. The van der Waals surface area contributed by atoms with Crippen LogP contribution in [-0.4, -0.2) is 43.2 Å². The van der Waals surface area contributed by atoms with E-state index in [1.807, 2.05) is 43.3 Å². The van der Waals surface area contributed by atoms with Gasteiger partial charge in [-0.25, -0.2) is 4.98 Å². The number of aliphatic hydroxyl groups excluding tert-OH is 1. The van der Waals surface area contributed by atoms with Gasteiger partial charge in [0.15, 0.2) is 0 Å². The van der Waals surface area contributed by atoms with Crippen molar-refractivity contribution in [1.29, 1.82) is 0 Å². The Morgan fingerprint density at radius 3 is 2.65 bits per heavy atom. The van der Waals surface area contributed by atoms with Crippen LogP contribution in [0.4, 0.5) is 5.82 Å². The van der Waals surface area contributed by atoms with Crippen LogP contribution in [0.3, 0.4) is 0 Å². The van der Waals surface area contributed by atoms with Gasteiger partial charge in [-0.1, -0.05) is 60.4 Å². The van der Waals surface area contributed by atoms with Crippen LogP contribution in [0.2, 0.25) is 0 Å². The molecule has 1 aliphatic rings. The van der Waals surface area contributed by atoms with E-state index < -0.39 is 6.10 Å². The number of amides is 1. The number of rotatable bonds is 5. The van der Waals surface area contributed by atoms with E-state index in [0.29, 0.717) is 20.7 Å². The van der Waals surface area contributed by atoms with Gasteiger partial charge >= 0.3 is 0 Å². The molecule has 2 aromatic heterocycles. The van der Waals surface area contributed by atoms with E-state index in [2.05, 4.69) is 10.3 Å². The number of carbonyl (C=O) groups is 1. The standard InChI is InChI=1S/C22H20N4O3S2/c1-13-7-6-10-26-19(13)24-18(23-12-16(27)14-8-4-3-5-9-14)15(20(26)28)11-17-21(29)25(2)22(30)31-17/h3-11,16,23,27H,12H2,1-2H3/b17-11-/t16-/m0/s1. The Balaban J connectivity index is 1.78. The van der Waals surface area contributed by atoms with Gasteiger partial charge in [0.05, 0.1) is 16.6 Å². The van der Waals surface area contributed by atoms with Gasteiger partial charge in [0.25, 0.3) is 11.5 Å². The van der Waals surface area contributed by atoms with Crippen molar-refractivity contribution >= 4 is 51.7 Å². The number of hydrogen-bond donors (Lipinski definition) is 2. The highest BCUT2D eigenvalue weighted by atomic mass is 32.2. The number of anilines is 1. The number of carbonyl (C=O) groups excluding carboxylic acids is 1. The van der Waals surface area contributed by atoms with Gasteiger partial charge in [-0.05, 0) is 30.2 Å². The molecule has 1 atom stereocenters. The summed E-state index contributed by atoms with van der Waals surface area (Å²) >= 11 is 6.33. The summed E-state index contributed by atoms with van der Waals surface area (Å²) in [4.78, 5) is 32.1. The minimum atomic E-state index is -0.792. The highest BCUT2D eigenvalue weighted by Crippen LogP contribution is 2.32. The van der Waals surface area contributed by atoms with Crippen LogP contribution in [-0.2, 0) is 4.79 Å². The zero-order valence-corrected chi connectivity index (χ0v) is 18.5. The van der Waals surface area contributed by atoms with E-state index in [1.54, 1.807) is 19.3 Å². The van der Waals surface area contributed by atoms with Crippen LogP contribution in [0.5, 0.6) is 0 Å². The topological polar surface area (TPSA) is 86.9 Å². The SMILES string of the molecule is Cc1cccn2c(=O)c(/C=C3\SC(=S)N(C)C3=O)c(NC[C@H](O)c3ccccc3)nc12. The maximum atomic E-state index is 13.3. The number of thiocarbonyl (C=S) groups is 1. The first-order valence-electron chi connectivity index (χ1n) is 9.57. The zero-order chi connectivity index (χ0) is 22.1. The molecule has 3 heterocycles. The van der Waals surface area contributed by atoms with Gasteiger partial charge in [-0.3, -0.25) is 18.9 Å². The smallest absolute Gasteiger partial charge is 0.267 e. The number of thioether (sulfide) groups is 1. The number of likely N-dealkylation sites (N-methyl/N-ethyl adjacent to an activating group) is 1. The first-order chi connectivity index (χ1) is 14.9. The van der Waals surface area contributed by atoms with Crippen LogP contribution in [0.25, 0.3) is 11.7 Å². The molecule has 0 radical (unpaired) electrons. The van der Waals surface area contributed by atoms with Crippen molar-refractivity contribution in [3.05, 3.63) is 80.6 Å². The monoisotopic (exact) mass is 452 g/mol. The molecule has 0 unspecified atom stereocenters. The number of aliphatic hydroxyl groups is 1. The molecule has 1 amide bonds. The van der Waals surface area contributed by atoms with Crippen molar-refractivity contribution in [3.8, 4) is 0 Å². The predicted octanol–water partition coefficient (Wildman–Crippen LogP) is 2.98. The second-order valence-corrected chi connectivity index (χ2v) is 8.79. The summed E-state index contributed by atoms with van der Waals surface area (Å²) in [6.45, 7) is 2.01. The number of aryl methyl sites for hydroxylation is 1. The molecule has 31 heavy (non-hydrogen) atoms. The minimum absolute atomic E-state index is 0.147.